The fourth-order valence-electron chi connectivity index (χ4n) is 3.14. The highest BCUT2D eigenvalue weighted by Crippen LogP contribution is 2.33. The van der Waals surface area contributed by atoms with Crippen LogP contribution in [0, 0.1) is 11.3 Å². The summed E-state index contributed by atoms with van der Waals surface area (Å²) in [5.74, 6) is 0.467. The lowest BCUT2D eigenvalue weighted by Crippen LogP contribution is -2.51. The monoisotopic (exact) mass is 344 g/mol. The first kappa shape index (κ1) is 18.8. The van der Waals surface area contributed by atoms with Gasteiger partial charge in [-0.2, -0.15) is 5.26 Å². The normalized spacial score (nSPS) is 15.8. The molecular formula is C19H24N2O4. The van der Waals surface area contributed by atoms with E-state index >= 15 is 0 Å². The van der Waals surface area contributed by atoms with E-state index in [4.69, 9.17) is 9.47 Å². The Morgan fingerprint density at radius 3 is 2.48 bits per heavy atom. The largest absolute Gasteiger partial charge is 0.493 e. The van der Waals surface area contributed by atoms with Crippen LogP contribution >= 0.6 is 0 Å². The number of methoxy groups -OCH3 is 1. The highest BCUT2D eigenvalue weighted by atomic mass is 16.5. The third-order valence-electron chi connectivity index (χ3n) is 4.83. The van der Waals surface area contributed by atoms with Crippen molar-refractivity contribution in [3.63, 3.8) is 0 Å². The number of nitrogens with zero attached hydrogens (tertiary/aromatic N) is 2. The van der Waals surface area contributed by atoms with Crippen LogP contribution in [0.25, 0.3) is 0 Å². The van der Waals surface area contributed by atoms with Crippen molar-refractivity contribution in [2.75, 3.05) is 20.8 Å². The Morgan fingerprint density at radius 1 is 1.24 bits per heavy atom. The van der Waals surface area contributed by atoms with Crippen molar-refractivity contribution in [2.24, 2.45) is 0 Å². The molecule has 134 valence electrons. The van der Waals surface area contributed by atoms with Crippen molar-refractivity contribution in [1.29, 1.82) is 5.26 Å². The molecule has 0 atom stereocenters. The summed E-state index contributed by atoms with van der Waals surface area (Å²) < 4.78 is 10.8. The predicted octanol–water partition coefficient (Wildman–Crippen LogP) is 2.96. The van der Waals surface area contributed by atoms with Gasteiger partial charge in [0.25, 0.3) is 5.91 Å². The summed E-state index contributed by atoms with van der Waals surface area (Å²) in [6.45, 7) is 1.29. The summed E-state index contributed by atoms with van der Waals surface area (Å²) >= 11 is 0. The molecule has 1 aliphatic carbocycles. The van der Waals surface area contributed by atoms with Gasteiger partial charge in [0.2, 0.25) is 0 Å². The molecule has 1 fully saturated rings. The van der Waals surface area contributed by atoms with E-state index in [1.165, 1.54) is 18.9 Å². The van der Waals surface area contributed by atoms with Crippen molar-refractivity contribution in [3.8, 4) is 17.6 Å². The van der Waals surface area contributed by atoms with Gasteiger partial charge < -0.3 is 14.4 Å². The van der Waals surface area contributed by atoms with Gasteiger partial charge in [-0.1, -0.05) is 19.3 Å². The van der Waals surface area contributed by atoms with Gasteiger partial charge in [0, 0.05) is 12.6 Å². The number of hydrogen-bond acceptors (Lipinski definition) is 5. The van der Waals surface area contributed by atoms with Gasteiger partial charge in [0.05, 0.1) is 13.2 Å². The Labute approximate surface area is 148 Å². The highest BCUT2D eigenvalue weighted by Gasteiger charge is 2.38. The Bertz CT molecular complexity index is 687. The predicted molar refractivity (Wildman–Crippen MR) is 92.7 cm³/mol. The van der Waals surface area contributed by atoms with Crippen molar-refractivity contribution in [3.05, 3.63) is 23.8 Å². The van der Waals surface area contributed by atoms with Gasteiger partial charge in [-0.05, 0) is 38.0 Å². The van der Waals surface area contributed by atoms with Crippen LogP contribution in [-0.2, 0) is 4.79 Å². The molecule has 6 nitrogen and oxygen atoms in total. The van der Waals surface area contributed by atoms with E-state index in [1.54, 1.807) is 25.2 Å². The van der Waals surface area contributed by atoms with Crippen molar-refractivity contribution >= 4 is 11.7 Å². The third kappa shape index (κ3) is 4.11. The first-order valence-electron chi connectivity index (χ1n) is 8.43. The second-order valence-corrected chi connectivity index (χ2v) is 6.37. The Morgan fingerprint density at radius 2 is 1.92 bits per heavy atom. The number of amides is 1. The SMILES string of the molecule is COc1cc(C(C)=O)ccc1OCC(=O)N(C)C1(C#N)CCCCC1. The van der Waals surface area contributed by atoms with Crippen LogP contribution in [0.15, 0.2) is 18.2 Å². The first-order chi connectivity index (χ1) is 11.9. The zero-order valence-corrected chi connectivity index (χ0v) is 15.0. The second-order valence-electron chi connectivity index (χ2n) is 6.37. The van der Waals surface area contributed by atoms with Gasteiger partial charge in [-0.15, -0.1) is 0 Å². The standard InChI is InChI=1S/C19H24N2O4/c1-14(22)15-7-8-16(17(11-15)24-3)25-12-18(23)21(2)19(13-20)9-5-4-6-10-19/h7-8,11H,4-6,9-10,12H2,1-3H3. The van der Waals surface area contributed by atoms with Gasteiger partial charge in [-0.25, -0.2) is 0 Å². The van der Waals surface area contributed by atoms with Crippen LogP contribution in [-0.4, -0.2) is 42.9 Å². The molecule has 1 aromatic carbocycles. The zero-order chi connectivity index (χ0) is 18.4. The van der Waals surface area contributed by atoms with Gasteiger partial charge >= 0.3 is 0 Å². The molecule has 1 saturated carbocycles. The lowest BCUT2D eigenvalue weighted by Gasteiger charge is -2.38. The highest BCUT2D eigenvalue weighted by molar-refractivity contribution is 5.94. The molecule has 25 heavy (non-hydrogen) atoms. The van der Waals surface area contributed by atoms with Crippen LogP contribution in [0.5, 0.6) is 11.5 Å². The minimum Gasteiger partial charge on any atom is -0.493 e. The van der Waals surface area contributed by atoms with E-state index in [9.17, 15) is 14.9 Å². The van der Waals surface area contributed by atoms with E-state index in [0.29, 0.717) is 29.9 Å². The number of Topliss-reactive ketones (excluding diaryl/α,β-unsaturated/α-hetero) is 1. The van der Waals surface area contributed by atoms with Crippen LogP contribution in [0.3, 0.4) is 0 Å². The van der Waals surface area contributed by atoms with Crippen LogP contribution in [0.4, 0.5) is 0 Å². The molecule has 6 heteroatoms. The number of rotatable bonds is 6. The fourth-order valence-corrected chi connectivity index (χ4v) is 3.14. The van der Waals surface area contributed by atoms with E-state index in [-0.39, 0.29) is 18.3 Å². The maximum Gasteiger partial charge on any atom is 0.261 e. The van der Waals surface area contributed by atoms with Crippen LogP contribution < -0.4 is 9.47 Å². The topological polar surface area (TPSA) is 79.6 Å². The molecule has 2 rings (SSSR count). The molecule has 0 saturated heterocycles. The molecule has 1 amide bonds. The maximum atomic E-state index is 12.5. The van der Waals surface area contributed by atoms with Gasteiger partial charge in [0.15, 0.2) is 23.9 Å². The number of benzene rings is 1. The summed E-state index contributed by atoms with van der Waals surface area (Å²) in [5.41, 5.74) is -0.223. The second kappa shape index (κ2) is 8.02. The van der Waals surface area contributed by atoms with Gasteiger partial charge in [0.1, 0.15) is 5.54 Å². The number of ketones is 1. The summed E-state index contributed by atoms with van der Waals surface area (Å²) in [4.78, 5) is 25.5. The molecular weight excluding hydrogens is 320 g/mol. The molecule has 0 heterocycles. The Balaban J connectivity index is 2.06. The van der Waals surface area contributed by atoms with Crippen LogP contribution in [0.1, 0.15) is 49.4 Å². The Hall–Kier alpha value is -2.55. The van der Waals surface area contributed by atoms with Crippen molar-refractivity contribution < 1.29 is 19.1 Å². The molecule has 0 radical (unpaired) electrons. The molecule has 0 spiro atoms. The summed E-state index contributed by atoms with van der Waals surface area (Å²) in [7, 11) is 3.14. The summed E-state index contributed by atoms with van der Waals surface area (Å²) in [6.07, 6.45) is 4.39. The maximum absolute atomic E-state index is 12.5. The minimum atomic E-state index is -0.735. The van der Waals surface area contributed by atoms with E-state index in [1.807, 2.05) is 0 Å². The Kier molecular flexibility index (Phi) is 6.02. The third-order valence-corrected chi connectivity index (χ3v) is 4.83. The average Bonchev–Trinajstić information content (AvgIpc) is 2.65. The fraction of sp³-hybridized carbons (Fsp3) is 0.526. The van der Waals surface area contributed by atoms with E-state index < -0.39 is 5.54 Å². The lowest BCUT2D eigenvalue weighted by molar-refractivity contribution is -0.137. The molecule has 0 N–H and O–H groups in total. The van der Waals surface area contributed by atoms with E-state index in [0.717, 1.165) is 19.3 Å². The quantitative estimate of drug-likeness (QED) is 0.741. The molecule has 1 aliphatic rings. The number of hydrogen-bond donors (Lipinski definition) is 0. The summed E-state index contributed by atoms with van der Waals surface area (Å²) in [6, 6.07) is 7.16. The minimum absolute atomic E-state index is 0.0751. The molecule has 0 unspecified atom stereocenters. The summed E-state index contributed by atoms with van der Waals surface area (Å²) in [5, 5.41) is 9.57. The molecule has 0 aliphatic heterocycles. The average molecular weight is 344 g/mol. The molecule has 0 aromatic heterocycles. The number of carbonyl (C=O) groups is 2. The van der Waals surface area contributed by atoms with Gasteiger partial charge in [-0.3, -0.25) is 9.59 Å². The lowest BCUT2D eigenvalue weighted by atomic mass is 9.81. The van der Waals surface area contributed by atoms with Crippen LogP contribution in [0.2, 0.25) is 0 Å². The number of likely N-dealkylation sites (N-methyl/N-ethyl adjacent to an activating group) is 1. The van der Waals surface area contributed by atoms with Crippen molar-refractivity contribution in [2.45, 2.75) is 44.6 Å². The smallest absolute Gasteiger partial charge is 0.261 e. The first-order valence-corrected chi connectivity index (χ1v) is 8.43. The molecule has 0 bridgehead atoms. The van der Waals surface area contributed by atoms with E-state index in [2.05, 4.69) is 6.07 Å². The molecule has 1 aromatic rings. The number of nitriles is 1. The number of ether oxygens (including phenoxy) is 2. The van der Waals surface area contributed by atoms with Crippen molar-refractivity contribution in [1.82, 2.24) is 4.90 Å². The zero-order valence-electron chi connectivity index (χ0n) is 15.0. The number of carbonyl (C=O) groups excluding carboxylic acids is 2.